The normalized spacial score (nSPS) is 23.5. The lowest BCUT2D eigenvalue weighted by Crippen LogP contribution is -2.49. The summed E-state index contributed by atoms with van der Waals surface area (Å²) in [7, 11) is 0. The van der Waals surface area contributed by atoms with Crippen LogP contribution < -0.4 is 10.1 Å². The number of nitrogens with zero attached hydrogens (tertiary/aromatic N) is 4. The van der Waals surface area contributed by atoms with Crippen LogP contribution >= 0.6 is 0 Å². The van der Waals surface area contributed by atoms with Crippen LogP contribution in [0.15, 0.2) is 24.3 Å². The van der Waals surface area contributed by atoms with E-state index in [4.69, 9.17) is 4.74 Å². The largest absolute Gasteiger partial charge is 0.465 e. The number of amides is 1. The second-order valence-corrected chi connectivity index (χ2v) is 7.51. The number of hydrogen-bond donors (Lipinski definition) is 2. The molecule has 2 bridgehead atoms. The van der Waals surface area contributed by atoms with E-state index >= 15 is 0 Å². The van der Waals surface area contributed by atoms with Gasteiger partial charge in [-0.3, -0.25) is 0 Å². The number of halogens is 4. The van der Waals surface area contributed by atoms with Crippen molar-refractivity contribution in [3.05, 3.63) is 30.1 Å². The molecule has 2 atom stereocenters. The van der Waals surface area contributed by atoms with E-state index in [1.54, 1.807) is 0 Å². The van der Waals surface area contributed by atoms with Gasteiger partial charge in [0.1, 0.15) is 18.1 Å². The molecule has 0 spiro atoms. The molecule has 2 fully saturated rings. The Balaban J connectivity index is 1.54. The first-order valence-electron chi connectivity index (χ1n) is 9.37. The first-order valence-corrected chi connectivity index (χ1v) is 9.37. The van der Waals surface area contributed by atoms with Crippen molar-refractivity contribution in [1.29, 1.82) is 0 Å². The molecule has 2 unspecified atom stereocenters. The third kappa shape index (κ3) is 4.41. The maximum absolute atomic E-state index is 13.4. The number of nitrogens with one attached hydrogen (secondary N) is 1. The zero-order chi connectivity index (χ0) is 21.5. The molecule has 1 saturated heterocycles. The molecule has 12 heteroatoms. The van der Waals surface area contributed by atoms with E-state index in [0.29, 0.717) is 17.8 Å². The summed E-state index contributed by atoms with van der Waals surface area (Å²) in [6, 6.07) is 4.40. The highest BCUT2D eigenvalue weighted by molar-refractivity contribution is 5.65. The van der Waals surface area contributed by atoms with Crippen molar-refractivity contribution in [3.8, 4) is 11.8 Å². The van der Waals surface area contributed by atoms with Crippen LogP contribution in [0.3, 0.4) is 0 Å². The van der Waals surface area contributed by atoms with Gasteiger partial charge < -0.3 is 20.1 Å². The predicted octanol–water partition coefficient (Wildman–Crippen LogP) is 3.57. The van der Waals surface area contributed by atoms with Crippen molar-refractivity contribution in [2.75, 3.05) is 18.4 Å². The molecule has 2 heterocycles. The number of ether oxygens (including phenoxy) is 1. The smallest absolute Gasteiger partial charge is 0.408 e. The van der Waals surface area contributed by atoms with Gasteiger partial charge >= 0.3 is 18.3 Å². The van der Waals surface area contributed by atoms with Crippen molar-refractivity contribution >= 4 is 12.0 Å². The maximum Gasteiger partial charge on any atom is 0.408 e. The second-order valence-electron chi connectivity index (χ2n) is 7.51. The number of anilines is 1. The quantitative estimate of drug-likeness (QED) is 0.706. The fourth-order valence-electron chi connectivity index (χ4n) is 4.14. The van der Waals surface area contributed by atoms with Crippen molar-refractivity contribution in [2.24, 2.45) is 11.8 Å². The topological polar surface area (TPSA) is 92.5 Å². The summed E-state index contributed by atoms with van der Waals surface area (Å²) in [6.07, 6.45) is -3.93. The van der Waals surface area contributed by atoms with Crippen molar-refractivity contribution in [1.82, 2.24) is 19.7 Å². The summed E-state index contributed by atoms with van der Waals surface area (Å²) >= 11 is 0. The Hall–Kier alpha value is -3.05. The van der Waals surface area contributed by atoms with Gasteiger partial charge in [-0.25, -0.2) is 13.9 Å². The molecule has 0 radical (unpaired) electrons. The summed E-state index contributed by atoms with van der Waals surface area (Å²) in [5.74, 6) is -0.623. The van der Waals surface area contributed by atoms with Crippen molar-refractivity contribution in [2.45, 2.75) is 31.6 Å². The van der Waals surface area contributed by atoms with Crippen LogP contribution in [-0.4, -0.2) is 56.2 Å². The molecule has 30 heavy (non-hydrogen) atoms. The summed E-state index contributed by atoms with van der Waals surface area (Å²) in [6.45, 7) is -0.727. The number of carbonyl (C=O) groups is 1. The summed E-state index contributed by atoms with van der Waals surface area (Å²) in [4.78, 5) is 16.6. The van der Waals surface area contributed by atoms with Crippen LogP contribution in [0.4, 0.5) is 28.3 Å². The van der Waals surface area contributed by atoms with Gasteiger partial charge in [0, 0.05) is 25.2 Å². The fourth-order valence-corrected chi connectivity index (χ4v) is 4.14. The number of alkyl halides is 3. The minimum atomic E-state index is -4.56. The Morgan fingerprint density at radius 1 is 1.27 bits per heavy atom. The number of aromatic nitrogens is 3. The van der Waals surface area contributed by atoms with Gasteiger partial charge in [0.25, 0.3) is 0 Å². The first kappa shape index (κ1) is 20.2. The lowest BCUT2D eigenvalue weighted by Gasteiger charge is -2.36. The zero-order valence-corrected chi connectivity index (χ0v) is 15.6. The Morgan fingerprint density at radius 3 is 2.57 bits per heavy atom. The van der Waals surface area contributed by atoms with Crippen LogP contribution in [-0.2, 0) is 6.54 Å². The van der Waals surface area contributed by atoms with Crippen molar-refractivity contribution < 1.29 is 32.2 Å². The van der Waals surface area contributed by atoms with Gasteiger partial charge in [-0.1, -0.05) is 6.07 Å². The number of likely N-dealkylation sites (tertiary alicyclic amines) is 1. The predicted molar refractivity (Wildman–Crippen MR) is 95.8 cm³/mol. The highest BCUT2D eigenvalue weighted by Crippen LogP contribution is 2.38. The molecule has 4 rings (SSSR count). The average Bonchev–Trinajstić information content (AvgIpc) is 3.09. The molecule has 1 aliphatic heterocycles. The summed E-state index contributed by atoms with van der Waals surface area (Å²) < 4.78 is 58.2. The van der Waals surface area contributed by atoms with Gasteiger partial charge in [-0.2, -0.15) is 18.2 Å². The van der Waals surface area contributed by atoms with E-state index in [1.807, 2.05) is 0 Å². The van der Waals surface area contributed by atoms with Gasteiger partial charge in [0.15, 0.2) is 0 Å². The molecule has 2 aliphatic rings. The van der Waals surface area contributed by atoms with E-state index in [-0.39, 0.29) is 29.6 Å². The molecular weight excluding hydrogens is 410 g/mol. The average molecular weight is 429 g/mol. The molecule has 1 aliphatic carbocycles. The molecule has 1 saturated carbocycles. The standard InChI is InChI=1S/C18H19F4N5O3/c19-12-2-1-3-13(6-12)30-16-24-15(25-27(16)9-18(20,21)22)23-14-10-4-5-11(14)8-26(7-10)17(28)29/h1-3,6,10-11,14H,4-5,7-9H2,(H,23,25)(H,28,29). The van der Waals surface area contributed by atoms with Crippen molar-refractivity contribution in [3.63, 3.8) is 0 Å². The second kappa shape index (κ2) is 7.65. The zero-order valence-electron chi connectivity index (χ0n) is 15.6. The van der Waals surface area contributed by atoms with Gasteiger partial charge in [-0.15, -0.1) is 5.10 Å². The number of rotatable bonds is 5. The third-order valence-corrected chi connectivity index (χ3v) is 5.37. The number of carboxylic acid groups (broad SMARTS) is 1. The molecule has 8 nitrogen and oxygen atoms in total. The fraction of sp³-hybridized carbons (Fsp3) is 0.500. The highest BCUT2D eigenvalue weighted by Gasteiger charge is 2.44. The Labute approximate surface area is 168 Å². The van der Waals surface area contributed by atoms with E-state index in [9.17, 15) is 27.5 Å². The highest BCUT2D eigenvalue weighted by atomic mass is 19.4. The lowest BCUT2D eigenvalue weighted by molar-refractivity contribution is -0.143. The minimum absolute atomic E-state index is 0.00721. The lowest BCUT2D eigenvalue weighted by atomic mass is 9.92. The number of benzene rings is 1. The molecule has 1 aromatic heterocycles. The van der Waals surface area contributed by atoms with Crippen LogP contribution in [0, 0.1) is 17.7 Å². The Kier molecular flexibility index (Phi) is 5.16. The van der Waals surface area contributed by atoms with E-state index < -0.39 is 30.6 Å². The van der Waals surface area contributed by atoms with Gasteiger partial charge in [0.05, 0.1) is 0 Å². The minimum Gasteiger partial charge on any atom is -0.465 e. The SMILES string of the molecule is O=C(O)N1CC2CCC(C1)C2Nc1nc(Oc2cccc(F)c2)n(CC(F)(F)F)n1. The van der Waals surface area contributed by atoms with Gasteiger partial charge in [0.2, 0.25) is 5.95 Å². The third-order valence-electron chi connectivity index (χ3n) is 5.37. The van der Waals surface area contributed by atoms with Crippen LogP contribution in [0.1, 0.15) is 12.8 Å². The number of piperidine rings is 1. The van der Waals surface area contributed by atoms with E-state index in [0.717, 1.165) is 18.9 Å². The Morgan fingerprint density at radius 2 is 1.97 bits per heavy atom. The molecule has 1 amide bonds. The molecule has 2 aromatic rings. The number of hydrogen-bond acceptors (Lipinski definition) is 5. The van der Waals surface area contributed by atoms with E-state index in [2.05, 4.69) is 15.4 Å². The van der Waals surface area contributed by atoms with Crippen LogP contribution in [0.2, 0.25) is 0 Å². The Bertz CT molecular complexity index is 921. The maximum atomic E-state index is 13.4. The molecule has 2 N–H and O–H groups in total. The monoisotopic (exact) mass is 429 g/mol. The van der Waals surface area contributed by atoms with Crippen LogP contribution in [0.25, 0.3) is 0 Å². The molecular formula is C18H19F4N5O3. The molecule has 162 valence electrons. The van der Waals surface area contributed by atoms with Crippen LogP contribution in [0.5, 0.6) is 11.8 Å². The van der Waals surface area contributed by atoms with Gasteiger partial charge in [-0.05, 0) is 36.8 Å². The first-order chi connectivity index (χ1) is 14.2. The number of fused-ring (bicyclic) bond motifs is 2. The molecule has 1 aromatic carbocycles. The summed E-state index contributed by atoms with van der Waals surface area (Å²) in [5, 5.41) is 16.2. The van der Waals surface area contributed by atoms with E-state index in [1.165, 1.54) is 23.1 Å². The summed E-state index contributed by atoms with van der Waals surface area (Å²) in [5.41, 5.74) is 0.